The fourth-order valence-corrected chi connectivity index (χ4v) is 4.31. The summed E-state index contributed by atoms with van der Waals surface area (Å²) < 4.78 is 17.9. The predicted octanol–water partition coefficient (Wildman–Crippen LogP) is 3.62. The molecule has 0 unspecified atom stereocenters. The van der Waals surface area contributed by atoms with Gasteiger partial charge in [0.1, 0.15) is 24.8 Å². The minimum absolute atomic E-state index is 0.0424. The van der Waals surface area contributed by atoms with E-state index in [1.807, 2.05) is 18.2 Å². The minimum Gasteiger partial charge on any atom is -0.486 e. The van der Waals surface area contributed by atoms with E-state index >= 15 is 0 Å². The third kappa shape index (κ3) is 3.07. The summed E-state index contributed by atoms with van der Waals surface area (Å²) in [5.74, 6) is 1.25. The van der Waals surface area contributed by atoms with Crippen LogP contribution >= 0.6 is 22.9 Å². The van der Waals surface area contributed by atoms with Gasteiger partial charge in [-0.15, -0.1) is 0 Å². The molecular weight excluding hydrogens is 388 g/mol. The Kier molecular flexibility index (Phi) is 4.06. The van der Waals surface area contributed by atoms with Crippen LogP contribution in [0.5, 0.6) is 16.7 Å². The molecule has 8 heteroatoms. The normalized spacial score (nSPS) is 16.3. The highest BCUT2D eigenvalue weighted by molar-refractivity contribution is 7.20. The lowest BCUT2D eigenvalue weighted by Gasteiger charge is -2.38. The number of thiazole rings is 1. The van der Waals surface area contributed by atoms with Crippen LogP contribution in [-0.4, -0.2) is 48.2 Å². The maximum Gasteiger partial charge on any atom is 0.274 e. The molecule has 2 aromatic carbocycles. The fourth-order valence-electron chi connectivity index (χ4n) is 3.13. The van der Waals surface area contributed by atoms with E-state index in [1.165, 1.54) is 11.3 Å². The fraction of sp³-hybridized carbons (Fsp3) is 0.263. The van der Waals surface area contributed by atoms with Gasteiger partial charge in [-0.2, -0.15) is 0 Å². The average molecular weight is 403 g/mol. The summed E-state index contributed by atoms with van der Waals surface area (Å²) in [7, 11) is 0. The number of hydrogen-bond donors (Lipinski definition) is 0. The first-order chi connectivity index (χ1) is 13.2. The summed E-state index contributed by atoms with van der Waals surface area (Å²) in [6.45, 7) is 2.08. The Morgan fingerprint density at radius 1 is 1.19 bits per heavy atom. The number of para-hydroxylation sites is 1. The van der Waals surface area contributed by atoms with Crippen LogP contribution in [0.3, 0.4) is 0 Å². The monoisotopic (exact) mass is 402 g/mol. The number of aromatic nitrogens is 1. The largest absolute Gasteiger partial charge is 0.486 e. The Labute approximate surface area is 164 Å². The average Bonchev–Trinajstić information content (AvgIpc) is 3.08. The van der Waals surface area contributed by atoms with Crippen molar-refractivity contribution in [3.05, 3.63) is 47.0 Å². The number of amides is 1. The molecule has 0 bridgehead atoms. The van der Waals surface area contributed by atoms with Gasteiger partial charge in [-0.25, -0.2) is 4.98 Å². The molecule has 0 spiro atoms. The van der Waals surface area contributed by atoms with Crippen LogP contribution in [0.25, 0.3) is 10.2 Å². The summed E-state index contributed by atoms with van der Waals surface area (Å²) in [6.07, 6.45) is -0.0644. The summed E-state index contributed by atoms with van der Waals surface area (Å²) in [5.41, 5.74) is 1.34. The van der Waals surface area contributed by atoms with Gasteiger partial charge in [0.2, 0.25) is 0 Å². The number of hydrogen-bond acceptors (Lipinski definition) is 6. The number of halogens is 1. The van der Waals surface area contributed by atoms with Gasteiger partial charge < -0.3 is 19.1 Å². The smallest absolute Gasteiger partial charge is 0.274 e. The number of nitrogens with zero attached hydrogens (tertiary/aromatic N) is 2. The molecular formula is C19H15ClN2O4S. The molecule has 5 rings (SSSR count). The van der Waals surface area contributed by atoms with E-state index in [4.69, 9.17) is 25.8 Å². The molecule has 3 heterocycles. The Bertz CT molecular complexity index is 1030. The molecule has 0 aliphatic carbocycles. The number of fused-ring (bicyclic) bond motifs is 2. The molecule has 6 nitrogen and oxygen atoms in total. The molecule has 0 N–H and O–H groups in total. The van der Waals surface area contributed by atoms with Crippen LogP contribution in [0, 0.1) is 0 Å². The zero-order valence-corrected chi connectivity index (χ0v) is 15.8. The zero-order valence-electron chi connectivity index (χ0n) is 14.2. The second-order valence-electron chi connectivity index (χ2n) is 6.37. The van der Waals surface area contributed by atoms with Crippen LogP contribution in [0.4, 0.5) is 0 Å². The van der Waals surface area contributed by atoms with E-state index in [-0.39, 0.29) is 12.0 Å². The summed E-state index contributed by atoms with van der Waals surface area (Å²) in [6, 6.07) is 10.9. The number of benzene rings is 2. The topological polar surface area (TPSA) is 60.9 Å². The molecule has 1 aromatic heterocycles. The molecule has 0 atom stereocenters. The van der Waals surface area contributed by atoms with Crippen molar-refractivity contribution in [2.24, 2.45) is 0 Å². The van der Waals surface area contributed by atoms with E-state index < -0.39 is 0 Å². The SMILES string of the molecule is O=C(c1ccc2c(c1)OCCO2)N1CC(Oc2nc3c(Cl)cccc3s2)C1. The van der Waals surface area contributed by atoms with Crippen LogP contribution < -0.4 is 14.2 Å². The highest BCUT2D eigenvalue weighted by Gasteiger charge is 2.34. The lowest BCUT2D eigenvalue weighted by molar-refractivity contribution is 0.0177. The van der Waals surface area contributed by atoms with Gasteiger partial charge in [0.25, 0.3) is 11.1 Å². The number of rotatable bonds is 3. The van der Waals surface area contributed by atoms with Gasteiger partial charge in [-0.1, -0.05) is 29.0 Å². The van der Waals surface area contributed by atoms with Crippen LogP contribution in [0.15, 0.2) is 36.4 Å². The summed E-state index contributed by atoms with van der Waals surface area (Å²) in [4.78, 5) is 18.8. The molecule has 2 aliphatic rings. The molecule has 1 saturated heterocycles. The number of carbonyl (C=O) groups excluding carboxylic acids is 1. The van der Waals surface area contributed by atoms with Crippen molar-refractivity contribution in [2.75, 3.05) is 26.3 Å². The van der Waals surface area contributed by atoms with Crippen molar-refractivity contribution in [1.82, 2.24) is 9.88 Å². The van der Waals surface area contributed by atoms with Crippen LogP contribution in [0.1, 0.15) is 10.4 Å². The number of carbonyl (C=O) groups is 1. The van der Waals surface area contributed by atoms with Crippen LogP contribution in [-0.2, 0) is 0 Å². The second-order valence-corrected chi connectivity index (χ2v) is 7.78. The standard InChI is InChI=1S/C19H15ClN2O4S/c20-13-2-1-3-16-17(13)21-19(27-16)26-12-9-22(10-12)18(23)11-4-5-14-15(8-11)25-7-6-24-14/h1-5,8,12H,6-7,9-10H2. The zero-order chi connectivity index (χ0) is 18.4. The van der Waals surface area contributed by atoms with Gasteiger partial charge in [0.15, 0.2) is 11.5 Å². The van der Waals surface area contributed by atoms with Gasteiger partial charge in [-0.05, 0) is 30.3 Å². The molecule has 138 valence electrons. The van der Waals surface area contributed by atoms with E-state index in [0.717, 1.165) is 10.2 Å². The van der Waals surface area contributed by atoms with E-state index in [9.17, 15) is 4.79 Å². The van der Waals surface area contributed by atoms with Gasteiger partial charge in [0, 0.05) is 5.56 Å². The highest BCUT2D eigenvalue weighted by Crippen LogP contribution is 2.34. The molecule has 0 saturated carbocycles. The highest BCUT2D eigenvalue weighted by atomic mass is 35.5. The predicted molar refractivity (Wildman–Crippen MR) is 102 cm³/mol. The maximum atomic E-state index is 12.6. The van der Waals surface area contributed by atoms with E-state index in [1.54, 1.807) is 23.1 Å². The number of ether oxygens (including phenoxy) is 3. The first-order valence-corrected chi connectivity index (χ1v) is 9.77. The summed E-state index contributed by atoms with van der Waals surface area (Å²) in [5, 5.41) is 1.19. The van der Waals surface area contributed by atoms with Crippen LogP contribution in [0.2, 0.25) is 5.02 Å². The molecule has 0 radical (unpaired) electrons. The molecule has 1 amide bonds. The van der Waals surface area contributed by atoms with Crippen molar-refractivity contribution in [2.45, 2.75) is 6.10 Å². The Balaban J connectivity index is 1.23. The summed E-state index contributed by atoms with van der Waals surface area (Å²) >= 11 is 7.61. The Morgan fingerprint density at radius 2 is 2.00 bits per heavy atom. The Hall–Kier alpha value is -2.51. The Morgan fingerprint density at radius 3 is 2.81 bits per heavy atom. The molecule has 3 aromatic rings. The van der Waals surface area contributed by atoms with Crippen molar-refractivity contribution in [1.29, 1.82) is 0 Å². The van der Waals surface area contributed by atoms with Gasteiger partial charge in [-0.3, -0.25) is 4.79 Å². The van der Waals surface area contributed by atoms with Gasteiger partial charge >= 0.3 is 0 Å². The molecule has 2 aliphatic heterocycles. The molecule has 1 fully saturated rings. The van der Waals surface area contributed by atoms with Crippen molar-refractivity contribution in [3.8, 4) is 16.7 Å². The quantitative estimate of drug-likeness (QED) is 0.669. The third-order valence-electron chi connectivity index (χ3n) is 4.54. The first-order valence-electron chi connectivity index (χ1n) is 8.58. The maximum absolute atomic E-state index is 12.6. The van der Waals surface area contributed by atoms with Crippen molar-refractivity contribution in [3.63, 3.8) is 0 Å². The molecule has 27 heavy (non-hydrogen) atoms. The first kappa shape index (κ1) is 16.6. The van der Waals surface area contributed by atoms with Crippen molar-refractivity contribution < 1.29 is 19.0 Å². The lowest BCUT2D eigenvalue weighted by atomic mass is 10.1. The van der Waals surface area contributed by atoms with E-state index in [0.29, 0.717) is 53.6 Å². The van der Waals surface area contributed by atoms with Gasteiger partial charge in [0.05, 0.1) is 22.8 Å². The second kappa shape index (κ2) is 6.58. The lowest BCUT2D eigenvalue weighted by Crippen LogP contribution is -2.56. The van der Waals surface area contributed by atoms with E-state index in [2.05, 4.69) is 4.98 Å². The third-order valence-corrected chi connectivity index (χ3v) is 5.76. The number of likely N-dealkylation sites (tertiary alicyclic amines) is 1. The minimum atomic E-state index is -0.0644. The van der Waals surface area contributed by atoms with Crippen molar-refractivity contribution >= 4 is 39.1 Å².